The Balaban J connectivity index is 2.22. The van der Waals surface area contributed by atoms with Crippen LogP contribution >= 0.6 is 15.9 Å². The van der Waals surface area contributed by atoms with Gasteiger partial charge in [0.2, 0.25) is 0 Å². The minimum Gasteiger partial charge on any atom is -0.322 e. The molecule has 0 unspecified atom stereocenters. The minimum atomic E-state index is -0.300. The van der Waals surface area contributed by atoms with Crippen molar-refractivity contribution >= 4 is 27.5 Å². The number of aryl methyl sites for hydroxylation is 1. The molecule has 0 fully saturated rings. The van der Waals surface area contributed by atoms with Gasteiger partial charge >= 0.3 is 0 Å². The smallest absolute Gasteiger partial charge is 0.255 e. The van der Waals surface area contributed by atoms with E-state index in [1.165, 1.54) is 10.6 Å². The lowest BCUT2D eigenvalue weighted by molar-refractivity contribution is 0.102. The monoisotopic (exact) mass is 306 g/mol. The van der Waals surface area contributed by atoms with Gasteiger partial charge in [-0.2, -0.15) is 0 Å². The Kier molecular flexibility index (Phi) is 3.62. The molecule has 0 atom stereocenters. The Morgan fingerprint density at radius 3 is 2.72 bits per heavy atom. The van der Waals surface area contributed by atoms with Crippen LogP contribution in [0.2, 0.25) is 0 Å². The number of carbonyl (C=O) groups is 1. The Morgan fingerprint density at radius 2 is 2.06 bits per heavy atom. The summed E-state index contributed by atoms with van der Waals surface area (Å²) in [6.45, 7) is 0. The van der Waals surface area contributed by atoms with Gasteiger partial charge in [0, 0.05) is 35.0 Å². The number of halogens is 1. The van der Waals surface area contributed by atoms with Crippen LogP contribution in [0.5, 0.6) is 0 Å². The number of nitrogens with zero attached hydrogens (tertiary/aromatic N) is 1. The molecule has 92 valence electrons. The number of benzene rings is 1. The molecule has 5 heteroatoms. The first-order chi connectivity index (χ1) is 8.56. The summed E-state index contributed by atoms with van der Waals surface area (Å²) in [5.41, 5.74) is 0.810. The van der Waals surface area contributed by atoms with Crippen LogP contribution in [0.3, 0.4) is 0 Å². The van der Waals surface area contributed by atoms with E-state index in [0.29, 0.717) is 11.3 Å². The lowest BCUT2D eigenvalue weighted by atomic mass is 10.2. The maximum atomic E-state index is 11.9. The molecule has 1 amide bonds. The van der Waals surface area contributed by atoms with E-state index in [4.69, 9.17) is 0 Å². The van der Waals surface area contributed by atoms with Crippen molar-refractivity contribution in [1.29, 1.82) is 0 Å². The number of nitrogens with one attached hydrogen (secondary N) is 1. The van der Waals surface area contributed by atoms with Crippen molar-refractivity contribution in [2.24, 2.45) is 7.05 Å². The van der Waals surface area contributed by atoms with Crippen molar-refractivity contribution in [3.63, 3.8) is 0 Å². The van der Waals surface area contributed by atoms with Gasteiger partial charge in [-0.25, -0.2) is 0 Å². The number of rotatable bonds is 2. The van der Waals surface area contributed by atoms with E-state index in [0.717, 1.165) is 4.47 Å². The first-order valence-corrected chi connectivity index (χ1v) is 6.09. The number of carbonyl (C=O) groups excluding carboxylic acids is 1. The average Bonchev–Trinajstić information content (AvgIpc) is 2.32. The van der Waals surface area contributed by atoms with Gasteiger partial charge < -0.3 is 9.88 Å². The molecule has 2 aromatic rings. The normalized spacial score (nSPS) is 10.1. The quantitative estimate of drug-likeness (QED) is 0.926. The molecule has 0 saturated carbocycles. The first kappa shape index (κ1) is 12.6. The second-order valence-electron chi connectivity index (χ2n) is 3.83. The van der Waals surface area contributed by atoms with Gasteiger partial charge in [-0.05, 0) is 24.3 Å². The predicted octanol–water partition coefficient (Wildman–Crippen LogP) is 2.40. The van der Waals surface area contributed by atoms with Crippen LogP contribution in [0.1, 0.15) is 10.4 Å². The highest BCUT2D eigenvalue weighted by Crippen LogP contribution is 2.16. The molecule has 4 nitrogen and oxygen atoms in total. The number of anilines is 1. The predicted molar refractivity (Wildman–Crippen MR) is 73.8 cm³/mol. The average molecular weight is 307 g/mol. The van der Waals surface area contributed by atoms with Crippen LogP contribution < -0.4 is 10.9 Å². The lowest BCUT2D eigenvalue weighted by Crippen LogP contribution is -2.19. The molecule has 1 heterocycles. The molecule has 18 heavy (non-hydrogen) atoms. The Labute approximate surface area is 112 Å². The van der Waals surface area contributed by atoms with Crippen molar-refractivity contribution < 1.29 is 4.79 Å². The summed E-state index contributed by atoms with van der Waals surface area (Å²) in [5.74, 6) is -0.300. The van der Waals surface area contributed by atoms with Crippen molar-refractivity contribution in [3.05, 3.63) is 63.0 Å². The molecular formula is C13H11BrN2O2. The SMILES string of the molecule is Cn1ccc(C(=O)Nc2cccc(Br)c2)cc1=O. The fourth-order valence-corrected chi connectivity index (χ4v) is 1.86. The van der Waals surface area contributed by atoms with E-state index in [-0.39, 0.29) is 11.5 Å². The molecule has 0 radical (unpaired) electrons. The summed E-state index contributed by atoms with van der Waals surface area (Å²) in [4.78, 5) is 23.3. The van der Waals surface area contributed by atoms with Crippen molar-refractivity contribution in [2.75, 3.05) is 5.32 Å². The van der Waals surface area contributed by atoms with E-state index < -0.39 is 0 Å². The van der Waals surface area contributed by atoms with Crippen molar-refractivity contribution in [1.82, 2.24) is 4.57 Å². The molecule has 0 spiro atoms. The van der Waals surface area contributed by atoms with Crippen molar-refractivity contribution in [2.45, 2.75) is 0 Å². The highest BCUT2D eigenvalue weighted by atomic mass is 79.9. The summed E-state index contributed by atoms with van der Waals surface area (Å²) in [5, 5.41) is 2.73. The second-order valence-corrected chi connectivity index (χ2v) is 4.74. The van der Waals surface area contributed by atoms with E-state index in [9.17, 15) is 9.59 Å². The van der Waals surface area contributed by atoms with Gasteiger partial charge in [0.05, 0.1) is 0 Å². The zero-order valence-corrected chi connectivity index (χ0v) is 11.3. The van der Waals surface area contributed by atoms with Crippen molar-refractivity contribution in [3.8, 4) is 0 Å². The molecule has 0 saturated heterocycles. The van der Waals surface area contributed by atoms with Gasteiger partial charge in [0.15, 0.2) is 0 Å². The van der Waals surface area contributed by atoms with Crippen LogP contribution in [0.4, 0.5) is 5.69 Å². The third kappa shape index (κ3) is 2.87. The molecule has 0 aliphatic rings. The van der Waals surface area contributed by atoms with Gasteiger partial charge in [0.1, 0.15) is 0 Å². The number of aromatic nitrogens is 1. The molecular weight excluding hydrogens is 296 g/mol. The fraction of sp³-hybridized carbons (Fsp3) is 0.0769. The molecule has 1 aromatic heterocycles. The molecule has 0 aliphatic heterocycles. The van der Waals surface area contributed by atoms with Gasteiger partial charge in [0.25, 0.3) is 11.5 Å². The number of amides is 1. The molecule has 1 aromatic carbocycles. The zero-order chi connectivity index (χ0) is 13.1. The van der Waals surface area contributed by atoms with Gasteiger partial charge in [-0.3, -0.25) is 9.59 Å². The Hall–Kier alpha value is -1.88. The summed E-state index contributed by atoms with van der Waals surface area (Å²) < 4.78 is 2.29. The maximum Gasteiger partial charge on any atom is 0.255 e. The number of hydrogen-bond acceptors (Lipinski definition) is 2. The zero-order valence-electron chi connectivity index (χ0n) is 9.68. The topological polar surface area (TPSA) is 51.1 Å². The third-order valence-corrected chi connectivity index (χ3v) is 2.94. The Bertz CT molecular complexity index is 649. The summed E-state index contributed by atoms with van der Waals surface area (Å²) >= 11 is 3.32. The highest BCUT2D eigenvalue weighted by molar-refractivity contribution is 9.10. The standard InChI is InChI=1S/C13H11BrN2O2/c1-16-6-5-9(7-12(16)17)13(18)15-11-4-2-3-10(14)8-11/h2-8H,1H3,(H,15,18). The van der Waals surface area contributed by atoms with E-state index in [1.54, 1.807) is 31.4 Å². The van der Waals surface area contributed by atoms with E-state index in [2.05, 4.69) is 21.2 Å². The van der Waals surface area contributed by atoms with E-state index >= 15 is 0 Å². The molecule has 2 rings (SSSR count). The number of hydrogen-bond donors (Lipinski definition) is 1. The number of pyridine rings is 1. The summed E-state index contributed by atoms with van der Waals surface area (Å²) in [7, 11) is 1.64. The summed E-state index contributed by atoms with van der Waals surface area (Å²) in [6, 6.07) is 10.2. The van der Waals surface area contributed by atoms with Crippen LogP contribution in [0.25, 0.3) is 0 Å². The van der Waals surface area contributed by atoms with Crippen LogP contribution in [-0.4, -0.2) is 10.5 Å². The van der Waals surface area contributed by atoms with E-state index in [1.807, 2.05) is 12.1 Å². The van der Waals surface area contributed by atoms with Gasteiger partial charge in [-0.1, -0.05) is 22.0 Å². The first-order valence-electron chi connectivity index (χ1n) is 5.30. The van der Waals surface area contributed by atoms with Gasteiger partial charge in [-0.15, -0.1) is 0 Å². The van der Waals surface area contributed by atoms with Crippen LogP contribution in [0, 0.1) is 0 Å². The van der Waals surface area contributed by atoms with Crippen LogP contribution in [-0.2, 0) is 7.05 Å². The maximum absolute atomic E-state index is 11.9. The molecule has 0 aliphatic carbocycles. The third-order valence-electron chi connectivity index (χ3n) is 2.45. The van der Waals surface area contributed by atoms with Crippen LogP contribution in [0.15, 0.2) is 51.9 Å². The molecule has 0 bridgehead atoms. The highest BCUT2D eigenvalue weighted by Gasteiger charge is 2.07. The second kappa shape index (κ2) is 5.18. The lowest BCUT2D eigenvalue weighted by Gasteiger charge is -2.06. The Morgan fingerprint density at radius 1 is 1.28 bits per heavy atom. The summed E-state index contributed by atoms with van der Waals surface area (Å²) in [6.07, 6.45) is 1.57. The molecule has 1 N–H and O–H groups in total. The fourth-order valence-electron chi connectivity index (χ4n) is 1.46. The largest absolute Gasteiger partial charge is 0.322 e. The minimum absolute atomic E-state index is 0.211.